The van der Waals surface area contributed by atoms with Crippen molar-refractivity contribution in [1.29, 1.82) is 0 Å². The summed E-state index contributed by atoms with van der Waals surface area (Å²) in [4.78, 5) is 4.38. The zero-order valence-electron chi connectivity index (χ0n) is 5.86. The molecule has 0 aliphatic carbocycles. The van der Waals surface area contributed by atoms with Gasteiger partial charge in [-0.15, -0.1) is 0 Å². The van der Waals surface area contributed by atoms with Gasteiger partial charge in [-0.1, -0.05) is 12.1 Å². The van der Waals surface area contributed by atoms with Gasteiger partial charge in [0.1, 0.15) is 5.82 Å². The van der Waals surface area contributed by atoms with Gasteiger partial charge in [0.2, 0.25) is 0 Å². The van der Waals surface area contributed by atoms with Gasteiger partial charge in [-0.05, 0) is 18.2 Å². The number of para-hydroxylation sites is 2. The molecule has 0 fully saturated rings. The Balaban J connectivity index is 2.56. The fraction of sp³-hybridized carbons (Fsp3) is 0. The topological polar surface area (TPSA) is 17.8 Å². The summed E-state index contributed by atoms with van der Waals surface area (Å²) in [7, 11) is 0. The standard InChI is InChI=1S/C9H6N2/c1-2-4-8-7(3-1)10-9-5-6-11(8)9/h1-6H. The van der Waals surface area contributed by atoms with Crippen molar-refractivity contribution in [1.82, 2.24) is 9.55 Å². The number of imidazole rings is 1. The van der Waals surface area contributed by atoms with Gasteiger partial charge in [0.25, 0.3) is 0 Å². The number of benzene rings is 1. The predicted molar refractivity (Wildman–Crippen MR) is 45.0 cm³/mol. The molecule has 11 heavy (non-hydrogen) atoms. The van der Waals surface area contributed by atoms with Gasteiger partial charge in [-0.3, -0.25) is 4.57 Å². The Kier molecular flexibility index (Phi) is 0.714. The van der Waals surface area contributed by atoms with E-state index in [0.717, 1.165) is 11.3 Å². The van der Waals surface area contributed by atoms with E-state index in [9.17, 15) is 0 Å². The lowest BCUT2D eigenvalue weighted by atomic mass is 10.3. The van der Waals surface area contributed by atoms with Crippen LogP contribution in [0.5, 0.6) is 0 Å². The van der Waals surface area contributed by atoms with Crippen molar-refractivity contribution in [3.05, 3.63) is 30.1 Å². The van der Waals surface area contributed by atoms with Crippen molar-refractivity contribution < 1.29 is 0 Å². The number of hydrogen-bond donors (Lipinski definition) is 0. The van der Waals surface area contributed by atoms with Gasteiger partial charge < -0.3 is 0 Å². The zero-order chi connectivity index (χ0) is 7.26. The molecule has 0 unspecified atom stereocenters. The van der Waals surface area contributed by atoms with E-state index >= 15 is 0 Å². The van der Waals surface area contributed by atoms with Crippen LogP contribution in [0.15, 0.2) is 24.3 Å². The summed E-state index contributed by atoms with van der Waals surface area (Å²) in [5.74, 6) is 1.06. The van der Waals surface area contributed by atoms with Gasteiger partial charge in [0, 0.05) is 6.20 Å². The smallest absolute Gasteiger partial charge is 0.139 e. The number of fused-ring (bicyclic) bond motifs is 3. The lowest BCUT2D eigenvalue weighted by Gasteiger charge is -2.05. The number of nitrogens with zero attached hydrogens (tertiary/aromatic N) is 2. The van der Waals surface area contributed by atoms with E-state index in [1.807, 2.05) is 30.5 Å². The SMILES string of the molecule is C1=Cn2c1nc1ccccc12. The maximum absolute atomic E-state index is 4.38. The monoisotopic (exact) mass is 142 g/mol. The molecule has 52 valence electrons. The fourth-order valence-electron chi connectivity index (χ4n) is 1.40. The molecule has 2 nitrogen and oxygen atoms in total. The first-order chi connectivity index (χ1) is 5.45. The summed E-state index contributed by atoms with van der Waals surface area (Å²) in [6.07, 6.45) is 4.05. The highest BCUT2D eigenvalue weighted by molar-refractivity contribution is 5.86. The van der Waals surface area contributed by atoms with E-state index in [1.165, 1.54) is 5.52 Å². The maximum atomic E-state index is 4.38. The van der Waals surface area contributed by atoms with Crippen molar-refractivity contribution in [2.45, 2.75) is 0 Å². The molecule has 0 N–H and O–H groups in total. The molecule has 2 heterocycles. The van der Waals surface area contributed by atoms with E-state index in [2.05, 4.69) is 15.6 Å². The first-order valence-electron chi connectivity index (χ1n) is 3.60. The Morgan fingerprint density at radius 1 is 1.18 bits per heavy atom. The van der Waals surface area contributed by atoms with Gasteiger partial charge >= 0.3 is 0 Å². The third-order valence-corrected chi connectivity index (χ3v) is 2.00. The number of rotatable bonds is 0. The maximum Gasteiger partial charge on any atom is 0.139 e. The Hall–Kier alpha value is -1.57. The molecule has 0 saturated carbocycles. The molecule has 2 aromatic rings. The molecule has 0 atom stereocenters. The molecular weight excluding hydrogens is 136 g/mol. The van der Waals surface area contributed by atoms with Crippen LogP contribution in [0, 0.1) is 0 Å². The second kappa shape index (κ2) is 1.53. The van der Waals surface area contributed by atoms with E-state index in [1.54, 1.807) is 0 Å². The van der Waals surface area contributed by atoms with Crippen molar-refractivity contribution in [2.75, 3.05) is 0 Å². The first kappa shape index (κ1) is 5.13. The second-order valence-corrected chi connectivity index (χ2v) is 2.64. The van der Waals surface area contributed by atoms with Crippen molar-refractivity contribution in [3.63, 3.8) is 0 Å². The average Bonchev–Trinajstić information content (AvgIpc) is 2.23. The molecule has 1 aromatic heterocycles. The summed E-state index contributed by atoms with van der Waals surface area (Å²) in [5.41, 5.74) is 2.28. The molecule has 0 spiro atoms. The van der Waals surface area contributed by atoms with E-state index in [-0.39, 0.29) is 0 Å². The molecule has 1 aromatic carbocycles. The average molecular weight is 142 g/mol. The normalized spacial score (nSPS) is 13.1. The quantitative estimate of drug-likeness (QED) is 0.469. The Labute approximate surface area is 63.8 Å². The van der Waals surface area contributed by atoms with Crippen LogP contribution >= 0.6 is 0 Å². The molecular formula is C9H6N2. The molecule has 1 aliphatic heterocycles. The van der Waals surface area contributed by atoms with Crippen LogP contribution in [0.25, 0.3) is 23.3 Å². The third kappa shape index (κ3) is 0.499. The van der Waals surface area contributed by atoms with Crippen LogP contribution in [0.4, 0.5) is 0 Å². The van der Waals surface area contributed by atoms with E-state index in [4.69, 9.17) is 0 Å². The van der Waals surface area contributed by atoms with Crippen molar-refractivity contribution >= 4 is 23.3 Å². The molecule has 1 aliphatic rings. The van der Waals surface area contributed by atoms with E-state index < -0.39 is 0 Å². The van der Waals surface area contributed by atoms with Gasteiger partial charge in [-0.2, -0.15) is 0 Å². The minimum absolute atomic E-state index is 1.06. The molecule has 0 saturated heterocycles. The van der Waals surface area contributed by atoms with Crippen LogP contribution in [0.1, 0.15) is 5.82 Å². The van der Waals surface area contributed by atoms with Gasteiger partial charge in [0.15, 0.2) is 0 Å². The highest BCUT2D eigenvalue weighted by Gasteiger charge is 2.10. The minimum atomic E-state index is 1.06. The van der Waals surface area contributed by atoms with Crippen LogP contribution in [0.3, 0.4) is 0 Å². The third-order valence-electron chi connectivity index (χ3n) is 2.00. The highest BCUT2D eigenvalue weighted by atomic mass is 15.1. The van der Waals surface area contributed by atoms with E-state index in [0.29, 0.717) is 0 Å². The van der Waals surface area contributed by atoms with Crippen molar-refractivity contribution in [3.8, 4) is 0 Å². The van der Waals surface area contributed by atoms with Crippen LogP contribution in [0.2, 0.25) is 0 Å². The molecule has 0 amide bonds. The predicted octanol–water partition coefficient (Wildman–Crippen LogP) is 1.98. The first-order valence-corrected chi connectivity index (χ1v) is 3.60. The summed E-state index contributed by atoms with van der Waals surface area (Å²) in [6, 6.07) is 8.15. The lowest BCUT2D eigenvalue weighted by molar-refractivity contribution is 1.10. The summed E-state index contributed by atoms with van der Waals surface area (Å²) >= 11 is 0. The molecule has 0 radical (unpaired) electrons. The summed E-state index contributed by atoms with van der Waals surface area (Å²) in [6.45, 7) is 0. The van der Waals surface area contributed by atoms with Crippen LogP contribution in [-0.2, 0) is 0 Å². The number of hydrogen-bond acceptors (Lipinski definition) is 1. The van der Waals surface area contributed by atoms with Gasteiger partial charge in [-0.25, -0.2) is 4.98 Å². The lowest BCUT2D eigenvalue weighted by Crippen LogP contribution is -1.97. The Bertz CT molecular complexity index is 452. The van der Waals surface area contributed by atoms with Crippen LogP contribution < -0.4 is 0 Å². The molecule has 2 heteroatoms. The molecule has 3 rings (SSSR count). The Morgan fingerprint density at radius 2 is 2.09 bits per heavy atom. The zero-order valence-corrected chi connectivity index (χ0v) is 5.86. The number of aromatic nitrogens is 2. The fourth-order valence-corrected chi connectivity index (χ4v) is 1.40. The van der Waals surface area contributed by atoms with Gasteiger partial charge in [0.05, 0.1) is 11.0 Å². The summed E-state index contributed by atoms with van der Waals surface area (Å²) in [5, 5.41) is 0. The van der Waals surface area contributed by atoms with Crippen molar-refractivity contribution in [2.24, 2.45) is 0 Å². The highest BCUT2D eigenvalue weighted by Crippen LogP contribution is 2.22. The second-order valence-electron chi connectivity index (χ2n) is 2.64. The minimum Gasteiger partial charge on any atom is -0.299 e. The summed E-state index contributed by atoms with van der Waals surface area (Å²) < 4.78 is 2.09. The van der Waals surface area contributed by atoms with Crippen LogP contribution in [-0.4, -0.2) is 9.55 Å². The molecule has 0 bridgehead atoms. The largest absolute Gasteiger partial charge is 0.299 e. The Morgan fingerprint density at radius 3 is 2.91 bits per heavy atom.